The van der Waals surface area contributed by atoms with Gasteiger partial charge in [-0.25, -0.2) is 9.97 Å². The van der Waals surface area contributed by atoms with Crippen molar-refractivity contribution in [1.29, 1.82) is 0 Å². The van der Waals surface area contributed by atoms with Gasteiger partial charge in [0.25, 0.3) is 5.91 Å². The van der Waals surface area contributed by atoms with E-state index in [-0.39, 0.29) is 5.91 Å². The number of likely N-dealkylation sites (tertiary alicyclic amines) is 1. The van der Waals surface area contributed by atoms with Crippen molar-refractivity contribution < 1.29 is 4.79 Å². The van der Waals surface area contributed by atoms with Crippen molar-refractivity contribution >= 4 is 17.4 Å². The molecule has 1 aromatic heterocycles. The minimum atomic E-state index is -0.00276. The standard InChI is InChI=1S/C18H22N4O/c1-12-7-6-8-15(13(12)2)21-17-11-16(19-14(3)20-17)18(23)22-9-4-5-10-22/h6-8,11H,4-5,9-10H2,1-3H3,(H,19,20,21). The average Bonchev–Trinajstić information content (AvgIpc) is 3.05. The molecule has 2 aromatic rings. The molecule has 23 heavy (non-hydrogen) atoms. The third-order valence-corrected chi connectivity index (χ3v) is 4.32. The maximum atomic E-state index is 12.5. The second kappa shape index (κ2) is 6.36. The van der Waals surface area contributed by atoms with Gasteiger partial charge in [-0.05, 0) is 50.8 Å². The number of rotatable bonds is 3. The topological polar surface area (TPSA) is 58.1 Å². The minimum Gasteiger partial charge on any atom is -0.340 e. The first-order valence-electron chi connectivity index (χ1n) is 8.03. The summed E-state index contributed by atoms with van der Waals surface area (Å²) in [5, 5.41) is 3.32. The van der Waals surface area contributed by atoms with Crippen LogP contribution in [0.25, 0.3) is 0 Å². The van der Waals surface area contributed by atoms with Crippen LogP contribution in [-0.4, -0.2) is 33.9 Å². The van der Waals surface area contributed by atoms with Gasteiger partial charge in [-0.1, -0.05) is 12.1 Å². The summed E-state index contributed by atoms with van der Waals surface area (Å²) in [5.41, 5.74) is 3.86. The van der Waals surface area contributed by atoms with E-state index in [9.17, 15) is 4.79 Å². The average molecular weight is 310 g/mol. The zero-order valence-electron chi connectivity index (χ0n) is 13.9. The zero-order valence-corrected chi connectivity index (χ0v) is 13.9. The van der Waals surface area contributed by atoms with Gasteiger partial charge in [0.15, 0.2) is 0 Å². The van der Waals surface area contributed by atoms with Crippen LogP contribution in [0.4, 0.5) is 11.5 Å². The van der Waals surface area contributed by atoms with Crippen LogP contribution in [0.15, 0.2) is 24.3 Å². The Kier molecular flexibility index (Phi) is 4.28. The summed E-state index contributed by atoms with van der Waals surface area (Å²) >= 11 is 0. The smallest absolute Gasteiger partial charge is 0.272 e. The Balaban J connectivity index is 1.88. The van der Waals surface area contributed by atoms with Crippen molar-refractivity contribution in [3.05, 3.63) is 46.9 Å². The number of hydrogen-bond donors (Lipinski definition) is 1. The maximum Gasteiger partial charge on any atom is 0.272 e. The second-order valence-electron chi connectivity index (χ2n) is 6.06. The molecule has 1 fully saturated rings. The molecule has 3 rings (SSSR count). The number of nitrogens with one attached hydrogen (secondary N) is 1. The number of amides is 1. The van der Waals surface area contributed by atoms with Gasteiger partial charge in [-0.15, -0.1) is 0 Å². The van der Waals surface area contributed by atoms with Crippen LogP contribution in [-0.2, 0) is 0 Å². The van der Waals surface area contributed by atoms with Gasteiger partial charge in [-0.2, -0.15) is 0 Å². The minimum absolute atomic E-state index is 0.00276. The van der Waals surface area contributed by atoms with E-state index in [1.807, 2.05) is 24.0 Å². The fourth-order valence-electron chi connectivity index (χ4n) is 2.85. The van der Waals surface area contributed by atoms with Crippen molar-refractivity contribution in [2.75, 3.05) is 18.4 Å². The number of benzene rings is 1. The maximum absolute atomic E-state index is 12.5. The van der Waals surface area contributed by atoms with Gasteiger partial charge in [0, 0.05) is 24.8 Å². The Bertz CT molecular complexity index is 736. The molecule has 5 nitrogen and oxygen atoms in total. The lowest BCUT2D eigenvalue weighted by Crippen LogP contribution is -2.28. The van der Waals surface area contributed by atoms with E-state index in [1.165, 1.54) is 11.1 Å². The highest BCUT2D eigenvalue weighted by Crippen LogP contribution is 2.22. The molecule has 5 heteroatoms. The third kappa shape index (κ3) is 3.33. The SMILES string of the molecule is Cc1nc(Nc2cccc(C)c2C)cc(C(=O)N2CCCC2)n1. The monoisotopic (exact) mass is 310 g/mol. The van der Waals surface area contributed by atoms with Crippen molar-refractivity contribution in [2.45, 2.75) is 33.6 Å². The summed E-state index contributed by atoms with van der Waals surface area (Å²) in [6.07, 6.45) is 2.15. The second-order valence-corrected chi connectivity index (χ2v) is 6.06. The first kappa shape index (κ1) is 15.5. The van der Waals surface area contributed by atoms with Gasteiger partial charge >= 0.3 is 0 Å². The van der Waals surface area contributed by atoms with Crippen LogP contribution in [0.1, 0.15) is 40.3 Å². The number of aromatic nitrogens is 2. The van der Waals surface area contributed by atoms with Crippen LogP contribution in [0.2, 0.25) is 0 Å². The summed E-state index contributed by atoms with van der Waals surface area (Å²) in [6, 6.07) is 7.85. The van der Waals surface area contributed by atoms with E-state index in [0.717, 1.165) is 31.6 Å². The molecule has 1 N–H and O–H groups in total. The Morgan fingerprint density at radius 3 is 2.61 bits per heavy atom. The van der Waals surface area contributed by atoms with E-state index < -0.39 is 0 Å². The lowest BCUT2D eigenvalue weighted by Gasteiger charge is -2.16. The number of carbonyl (C=O) groups is 1. The highest BCUT2D eigenvalue weighted by molar-refractivity contribution is 5.93. The summed E-state index contributed by atoms with van der Waals surface area (Å²) in [4.78, 5) is 23.1. The third-order valence-electron chi connectivity index (χ3n) is 4.32. The quantitative estimate of drug-likeness (QED) is 0.944. The lowest BCUT2D eigenvalue weighted by atomic mass is 10.1. The highest BCUT2D eigenvalue weighted by Gasteiger charge is 2.21. The van der Waals surface area contributed by atoms with Gasteiger partial charge < -0.3 is 10.2 Å². The van der Waals surface area contributed by atoms with Crippen molar-refractivity contribution in [1.82, 2.24) is 14.9 Å². The molecule has 0 aliphatic carbocycles. The molecule has 1 saturated heterocycles. The molecule has 0 atom stereocenters. The molecular weight excluding hydrogens is 288 g/mol. The van der Waals surface area contributed by atoms with Crippen molar-refractivity contribution in [2.24, 2.45) is 0 Å². The van der Waals surface area contributed by atoms with Crippen LogP contribution in [0, 0.1) is 20.8 Å². The van der Waals surface area contributed by atoms with Gasteiger partial charge in [0.1, 0.15) is 17.3 Å². The fraction of sp³-hybridized carbons (Fsp3) is 0.389. The van der Waals surface area contributed by atoms with Crippen molar-refractivity contribution in [3.8, 4) is 0 Å². The molecule has 1 aliphatic rings. The molecule has 0 radical (unpaired) electrons. The molecular formula is C18H22N4O. The summed E-state index contributed by atoms with van der Waals surface area (Å²) in [7, 11) is 0. The summed E-state index contributed by atoms with van der Waals surface area (Å²) < 4.78 is 0. The molecule has 0 saturated carbocycles. The Hall–Kier alpha value is -2.43. The number of anilines is 2. The van der Waals surface area contributed by atoms with E-state index in [2.05, 4.69) is 35.2 Å². The van der Waals surface area contributed by atoms with Gasteiger partial charge in [0.05, 0.1) is 0 Å². The van der Waals surface area contributed by atoms with Gasteiger partial charge in [-0.3, -0.25) is 4.79 Å². The van der Waals surface area contributed by atoms with E-state index in [1.54, 1.807) is 6.07 Å². The zero-order chi connectivity index (χ0) is 16.4. The van der Waals surface area contributed by atoms with E-state index in [4.69, 9.17) is 0 Å². The van der Waals surface area contributed by atoms with Gasteiger partial charge in [0.2, 0.25) is 0 Å². The molecule has 0 spiro atoms. The number of hydrogen-bond acceptors (Lipinski definition) is 4. The van der Waals surface area contributed by atoms with Crippen LogP contribution < -0.4 is 5.32 Å². The molecule has 1 aromatic carbocycles. The molecule has 120 valence electrons. The molecule has 0 unspecified atom stereocenters. The van der Waals surface area contributed by atoms with E-state index >= 15 is 0 Å². The van der Waals surface area contributed by atoms with Crippen LogP contribution in [0.5, 0.6) is 0 Å². The molecule has 1 amide bonds. The van der Waals surface area contributed by atoms with Crippen molar-refractivity contribution in [3.63, 3.8) is 0 Å². The predicted molar refractivity (Wildman–Crippen MR) is 91.1 cm³/mol. The van der Waals surface area contributed by atoms with Crippen LogP contribution >= 0.6 is 0 Å². The first-order chi connectivity index (χ1) is 11.0. The Morgan fingerprint density at radius 1 is 1.13 bits per heavy atom. The molecule has 0 bridgehead atoms. The number of aryl methyl sites for hydroxylation is 2. The normalized spacial score (nSPS) is 14.1. The largest absolute Gasteiger partial charge is 0.340 e. The summed E-state index contributed by atoms with van der Waals surface area (Å²) in [6.45, 7) is 7.61. The number of carbonyl (C=O) groups excluding carboxylic acids is 1. The molecule has 2 heterocycles. The highest BCUT2D eigenvalue weighted by atomic mass is 16.2. The number of nitrogens with zero attached hydrogens (tertiary/aromatic N) is 3. The Morgan fingerprint density at radius 2 is 1.87 bits per heavy atom. The fourth-order valence-corrected chi connectivity index (χ4v) is 2.85. The van der Waals surface area contributed by atoms with Crippen LogP contribution in [0.3, 0.4) is 0 Å². The van der Waals surface area contributed by atoms with E-state index in [0.29, 0.717) is 17.3 Å². The Labute approximate surface area is 136 Å². The first-order valence-corrected chi connectivity index (χ1v) is 8.03. The molecule has 1 aliphatic heterocycles. The summed E-state index contributed by atoms with van der Waals surface area (Å²) in [5.74, 6) is 1.26. The predicted octanol–water partition coefficient (Wildman–Crippen LogP) is 3.38. The lowest BCUT2D eigenvalue weighted by molar-refractivity contribution is 0.0786.